The average molecular weight is 313 g/mol. The van der Waals surface area contributed by atoms with E-state index >= 15 is 0 Å². The lowest BCUT2D eigenvalue weighted by Crippen LogP contribution is -2.32. The molecule has 0 fully saturated rings. The SMILES string of the molecule is COCCNCC(O)CS(=O)c1ccc(C(C)(C)C)cc1. The van der Waals surface area contributed by atoms with Crippen LogP contribution in [0.4, 0.5) is 0 Å². The predicted molar refractivity (Wildman–Crippen MR) is 87.2 cm³/mol. The normalized spacial score (nSPS) is 14.9. The number of methoxy groups -OCH3 is 1. The van der Waals surface area contributed by atoms with E-state index in [-0.39, 0.29) is 11.2 Å². The van der Waals surface area contributed by atoms with Gasteiger partial charge in [0.25, 0.3) is 0 Å². The van der Waals surface area contributed by atoms with Crippen LogP contribution in [0, 0.1) is 0 Å². The summed E-state index contributed by atoms with van der Waals surface area (Å²) < 4.78 is 17.1. The number of benzene rings is 1. The Morgan fingerprint density at radius 2 is 1.90 bits per heavy atom. The van der Waals surface area contributed by atoms with Crippen molar-refractivity contribution < 1.29 is 14.1 Å². The number of ether oxygens (including phenoxy) is 1. The zero-order valence-electron chi connectivity index (χ0n) is 13.4. The van der Waals surface area contributed by atoms with Crippen molar-refractivity contribution in [1.82, 2.24) is 5.32 Å². The van der Waals surface area contributed by atoms with E-state index in [0.29, 0.717) is 19.7 Å². The van der Waals surface area contributed by atoms with Crippen LogP contribution in [0.1, 0.15) is 26.3 Å². The molecule has 0 aliphatic carbocycles. The molecule has 120 valence electrons. The second-order valence-corrected chi connectivity index (χ2v) is 7.63. The molecule has 0 radical (unpaired) electrons. The van der Waals surface area contributed by atoms with Crippen molar-refractivity contribution in [2.75, 3.05) is 32.6 Å². The molecule has 21 heavy (non-hydrogen) atoms. The maximum Gasteiger partial charge on any atom is 0.0783 e. The van der Waals surface area contributed by atoms with Gasteiger partial charge in [-0.05, 0) is 23.1 Å². The lowest BCUT2D eigenvalue weighted by atomic mass is 9.87. The Morgan fingerprint density at radius 3 is 2.43 bits per heavy atom. The first kappa shape index (κ1) is 18.3. The minimum Gasteiger partial charge on any atom is -0.391 e. The average Bonchev–Trinajstić information content (AvgIpc) is 2.43. The first-order chi connectivity index (χ1) is 9.84. The number of rotatable bonds is 8. The van der Waals surface area contributed by atoms with Crippen LogP contribution < -0.4 is 5.32 Å². The Bertz CT molecular complexity index is 440. The zero-order valence-corrected chi connectivity index (χ0v) is 14.2. The van der Waals surface area contributed by atoms with Crippen LogP contribution in [-0.4, -0.2) is 48.0 Å². The minimum atomic E-state index is -1.18. The van der Waals surface area contributed by atoms with E-state index in [1.165, 1.54) is 5.56 Å². The molecule has 2 atom stereocenters. The first-order valence-corrected chi connectivity index (χ1v) is 8.53. The maximum absolute atomic E-state index is 12.2. The van der Waals surface area contributed by atoms with Crippen LogP contribution in [0.25, 0.3) is 0 Å². The van der Waals surface area contributed by atoms with E-state index in [0.717, 1.165) is 4.90 Å². The van der Waals surface area contributed by atoms with Gasteiger partial charge in [0.15, 0.2) is 0 Å². The Morgan fingerprint density at radius 1 is 1.29 bits per heavy atom. The molecule has 0 aliphatic heterocycles. The standard InChI is InChI=1S/C16H27NO3S/c1-16(2,3)13-5-7-15(8-6-13)21(19)12-14(18)11-17-9-10-20-4/h5-8,14,17-18H,9-12H2,1-4H3. The molecule has 0 aromatic heterocycles. The van der Waals surface area contributed by atoms with Gasteiger partial charge in [-0.25, -0.2) is 0 Å². The molecule has 2 unspecified atom stereocenters. The van der Waals surface area contributed by atoms with E-state index in [1.807, 2.05) is 24.3 Å². The second-order valence-electron chi connectivity index (χ2n) is 6.14. The molecule has 0 saturated carbocycles. The van der Waals surface area contributed by atoms with Crippen molar-refractivity contribution >= 4 is 10.8 Å². The van der Waals surface area contributed by atoms with E-state index < -0.39 is 16.9 Å². The fourth-order valence-electron chi connectivity index (χ4n) is 1.88. The lowest BCUT2D eigenvalue weighted by molar-refractivity contribution is 0.174. The first-order valence-electron chi connectivity index (χ1n) is 7.21. The van der Waals surface area contributed by atoms with Gasteiger partial charge < -0.3 is 15.2 Å². The Hall–Kier alpha value is -0.750. The molecule has 0 aliphatic rings. The molecular formula is C16H27NO3S. The molecular weight excluding hydrogens is 286 g/mol. The third-order valence-corrected chi connectivity index (χ3v) is 4.68. The molecule has 2 N–H and O–H groups in total. The van der Waals surface area contributed by atoms with Crippen molar-refractivity contribution in [1.29, 1.82) is 0 Å². The molecule has 4 nitrogen and oxygen atoms in total. The number of aliphatic hydroxyl groups is 1. The van der Waals surface area contributed by atoms with Gasteiger partial charge in [-0.3, -0.25) is 4.21 Å². The number of nitrogens with one attached hydrogen (secondary N) is 1. The Kier molecular flexibility index (Phi) is 7.52. The third-order valence-electron chi connectivity index (χ3n) is 3.19. The minimum absolute atomic E-state index is 0.0881. The Labute approximate surface area is 130 Å². The molecule has 1 aromatic carbocycles. The maximum atomic E-state index is 12.2. The highest BCUT2D eigenvalue weighted by Gasteiger charge is 2.15. The van der Waals surface area contributed by atoms with E-state index in [9.17, 15) is 9.32 Å². The predicted octanol–water partition coefficient (Wildman–Crippen LogP) is 1.69. The van der Waals surface area contributed by atoms with E-state index in [2.05, 4.69) is 26.1 Å². The quantitative estimate of drug-likeness (QED) is 0.717. The van der Waals surface area contributed by atoms with Crippen molar-refractivity contribution in [2.24, 2.45) is 0 Å². The number of hydrogen-bond donors (Lipinski definition) is 2. The van der Waals surface area contributed by atoms with Crippen LogP contribution in [0.5, 0.6) is 0 Å². The van der Waals surface area contributed by atoms with Crippen LogP contribution in [-0.2, 0) is 21.0 Å². The zero-order chi connectivity index (χ0) is 15.9. The number of aliphatic hydroxyl groups excluding tert-OH is 1. The summed E-state index contributed by atoms with van der Waals surface area (Å²) in [6.45, 7) is 8.15. The summed E-state index contributed by atoms with van der Waals surface area (Å²) in [5.74, 6) is 0.245. The van der Waals surface area contributed by atoms with E-state index in [1.54, 1.807) is 7.11 Å². The molecule has 1 rings (SSSR count). The van der Waals surface area contributed by atoms with Gasteiger partial charge in [0.05, 0.1) is 29.3 Å². The molecule has 1 aromatic rings. The van der Waals surface area contributed by atoms with Crippen molar-refractivity contribution in [3.8, 4) is 0 Å². The van der Waals surface area contributed by atoms with Crippen molar-refractivity contribution in [3.63, 3.8) is 0 Å². The summed E-state index contributed by atoms with van der Waals surface area (Å²) >= 11 is 0. The van der Waals surface area contributed by atoms with Crippen LogP contribution in [0.2, 0.25) is 0 Å². The fraction of sp³-hybridized carbons (Fsp3) is 0.625. The van der Waals surface area contributed by atoms with Gasteiger partial charge in [0, 0.05) is 25.1 Å². The third kappa shape index (κ3) is 6.70. The van der Waals surface area contributed by atoms with Gasteiger partial charge in [-0.2, -0.15) is 0 Å². The van der Waals surface area contributed by atoms with Crippen molar-refractivity contribution in [2.45, 2.75) is 37.2 Å². The Balaban J connectivity index is 2.48. The highest BCUT2D eigenvalue weighted by Crippen LogP contribution is 2.23. The van der Waals surface area contributed by atoms with Crippen molar-refractivity contribution in [3.05, 3.63) is 29.8 Å². The fourth-order valence-corrected chi connectivity index (χ4v) is 2.98. The summed E-state index contributed by atoms with van der Waals surface area (Å²) in [6, 6.07) is 7.80. The smallest absolute Gasteiger partial charge is 0.0783 e. The van der Waals surface area contributed by atoms with Crippen LogP contribution >= 0.6 is 0 Å². The molecule has 0 heterocycles. The number of hydrogen-bond acceptors (Lipinski definition) is 4. The molecule has 0 bridgehead atoms. The highest BCUT2D eigenvalue weighted by atomic mass is 32.2. The largest absolute Gasteiger partial charge is 0.391 e. The van der Waals surface area contributed by atoms with Gasteiger partial charge in [0.2, 0.25) is 0 Å². The monoisotopic (exact) mass is 313 g/mol. The van der Waals surface area contributed by atoms with Gasteiger partial charge in [0.1, 0.15) is 0 Å². The van der Waals surface area contributed by atoms with E-state index in [4.69, 9.17) is 4.74 Å². The van der Waals surface area contributed by atoms with Gasteiger partial charge in [-0.15, -0.1) is 0 Å². The lowest BCUT2D eigenvalue weighted by Gasteiger charge is -2.19. The molecule has 0 spiro atoms. The summed E-state index contributed by atoms with van der Waals surface area (Å²) in [4.78, 5) is 0.763. The van der Waals surface area contributed by atoms with Gasteiger partial charge >= 0.3 is 0 Å². The molecule has 0 saturated heterocycles. The van der Waals surface area contributed by atoms with Crippen LogP contribution in [0.15, 0.2) is 29.2 Å². The van der Waals surface area contributed by atoms with Gasteiger partial charge in [-0.1, -0.05) is 32.9 Å². The topological polar surface area (TPSA) is 58.6 Å². The molecule has 0 amide bonds. The second kappa shape index (κ2) is 8.63. The summed E-state index contributed by atoms with van der Waals surface area (Å²) in [5, 5.41) is 12.9. The highest BCUT2D eigenvalue weighted by molar-refractivity contribution is 7.85. The van der Waals surface area contributed by atoms with Crippen LogP contribution in [0.3, 0.4) is 0 Å². The summed E-state index contributed by atoms with van der Waals surface area (Å²) in [6.07, 6.45) is -0.620. The summed E-state index contributed by atoms with van der Waals surface area (Å²) in [7, 11) is 0.456. The summed E-state index contributed by atoms with van der Waals surface area (Å²) in [5.41, 5.74) is 1.30. The molecule has 5 heteroatoms.